The summed E-state index contributed by atoms with van der Waals surface area (Å²) in [6, 6.07) is 8.59. The number of esters is 1. The molecule has 2 nitrogen and oxygen atoms in total. The highest BCUT2D eigenvalue weighted by Crippen LogP contribution is 2.41. The molecule has 0 aliphatic carbocycles. The lowest BCUT2D eigenvalue weighted by Crippen LogP contribution is -2.43. The van der Waals surface area contributed by atoms with Crippen LogP contribution in [0, 0.1) is 22.7 Å². The smallest absolute Gasteiger partial charge is 0.316 e. The molecule has 30 heavy (non-hydrogen) atoms. The number of carbonyl (C=O) groups is 1. The molecule has 0 heterocycles. The normalized spacial score (nSPS) is 12.4. The topological polar surface area (TPSA) is 26.3 Å². The zero-order valence-electron chi connectivity index (χ0n) is 19.8. The van der Waals surface area contributed by atoms with Gasteiger partial charge in [0.15, 0.2) is 0 Å². The number of halogens is 1. The fourth-order valence-corrected chi connectivity index (χ4v) is 9.59. The summed E-state index contributed by atoms with van der Waals surface area (Å²) < 4.78 is 20.7. The van der Waals surface area contributed by atoms with Crippen molar-refractivity contribution in [3.8, 4) is 17.2 Å². The van der Waals surface area contributed by atoms with Crippen LogP contribution in [0.25, 0.3) is 10.8 Å². The van der Waals surface area contributed by atoms with Crippen molar-refractivity contribution in [3.05, 3.63) is 41.7 Å². The average molecular weight is 427 g/mol. The van der Waals surface area contributed by atoms with Crippen molar-refractivity contribution in [2.24, 2.45) is 5.41 Å². The van der Waals surface area contributed by atoms with Gasteiger partial charge in [0.2, 0.25) is 0 Å². The third kappa shape index (κ3) is 4.62. The number of fused-ring (bicyclic) bond motifs is 1. The Morgan fingerprint density at radius 1 is 0.967 bits per heavy atom. The Morgan fingerprint density at radius 3 is 2.03 bits per heavy atom. The molecule has 162 valence electrons. The highest BCUT2D eigenvalue weighted by molar-refractivity contribution is 6.90. The summed E-state index contributed by atoms with van der Waals surface area (Å²) in [7, 11) is -2.04. The lowest BCUT2D eigenvalue weighted by atomic mass is 9.97. The summed E-state index contributed by atoms with van der Waals surface area (Å²) in [6.07, 6.45) is 0. The van der Waals surface area contributed by atoms with Crippen LogP contribution in [-0.4, -0.2) is 14.0 Å². The number of rotatable bonds is 4. The minimum absolute atomic E-state index is 0.323. The van der Waals surface area contributed by atoms with Gasteiger partial charge in [-0.05, 0) is 54.9 Å². The van der Waals surface area contributed by atoms with E-state index in [9.17, 15) is 4.79 Å². The zero-order chi connectivity index (χ0) is 22.9. The summed E-state index contributed by atoms with van der Waals surface area (Å²) in [4.78, 5) is 12.5. The fourth-order valence-electron chi connectivity index (χ4n) is 4.38. The van der Waals surface area contributed by atoms with Crippen LogP contribution in [0.15, 0.2) is 30.3 Å². The third-order valence-electron chi connectivity index (χ3n) is 6.04. The maximum Gasteiger partial charge on any atom is 0.316 e. The monoisotopic (exact) mass is 426 g/mol. The molecule has 4 heteroatoms. The minimum Gasteiger partial charge on any atom is -0.425 e. The van der Waals surface area contributed by atoms with Gasteiger partial charge in [0.05, 0.1) is 11.0 Å². The SMILES string of the molecule is CC(C)[Si](C#Cc1c(F)ccc2cccc(OC(=O)C(C)(C)C)c12)(C(C)C)C(C)C. The first-order valence-corrected chi connectivity index (χ1v) is 13.0. The van der Waals surface area contributed by atoms with Gasteiger partial charge in [0.1, 0.15) is 19.6 Å². The second-order valence-corrected chi connectivity index (χ2v) is 15.6. The number of carbonyl (C=O) groups excluding carboxylic acids is 1. The molecule has 0 aromatic heterocycles. The molecule has 2 aromatic carbocycles. The summed E-state index contributed by atoms with van der Waals surface area (Å²) in [5, 5.41) is 1.38. The van der Waals surface area contributed by atoms with Gasteiger partial charge < -0.3 is 4.74 Å². The van der Waals surface area contributed by atoms with E-state index in [4.69, 9.17) is 4.74 Å². The first-order valence-electron chi connectivity index (χ1n) is 10.8. The van der Waals surface area contributed by atoms with E-state index < -0.39 is 13.5 Å². The predicted molar refractivity (Wildman–Crippen MR) is 127 cm³/mol. The standard InChI is InChI=1S/C26H35FO2Si/c1-17(2)30(18(3)4,19(5)6)16-15-21-22(27)14-13-20-11-10-12-23(24(20)21)29-25(28)26(7,8)9/h10-14,17-19H,1-9H3. The van der Waals surface area contributed by atoms with Crippen molar-refractivity contribution in [2.75, 3.05) is 0 Å². The van der Waals surface area contributed by atoms with Gasteiger partial charge in [0.25, 0.3) is 0 Å². The van der Waals surface area contributed by atoms with Gasteiger partial charge in [-0.15, -0.1) is 5.54 Å². The summed E-state index contributed by atoms with van der Waals surface area (Å²) in [5.41, 5.74) is 4.60. The van der Waals surface area contributed by atoms with Crippen LogP contribution in [-0.2, 0) is 4.79 Å². The molecule has 0 saturated heterocycles. The highest BCUT2D eigenvalue weighted by Gasteiger charge is 2.41. The molecule has 2 rings (SSSR count). The molecule has 0 spiro atoms. The van der Waals surface area contributed by atoms with Crippen molar-refractivity contribution in [1.29, 1.82) is 0 Å². The van der Waals surface area contributed by atoms with E-state index in [2.05, 4.69) is 53.0 Å². The van der Waals surface area contributed by atoms with E-state index in [1.165, 1.54) is 6.07 Å². The molecule has 0 aliphatic rings. The molecule has 0 saturated carbocycles. The summed E-state index contributed by atoms with van der Waals surface area (Å²) in [6.45, 7) is 18.8. The highest BCUT2D eigenvalue weighted by atomic mass is 28.3. The molecule has 0 bridgehead atoms. The van der Waals surface area contributed by atoms with E-state index in [1.54, 1.807) is 32.9 Å². The first-order chi connectivity index (χ1) is 13.8. The van der Waals surface area contributed by atoms with E-state index in [-0.39, 0.29) is 11.8 Å². The van der Waals surface area contributed by atoms with Crippen LogP contribution in [0.3, 0.4) is 0 Å². The van der Waals surface area contributed by atoms with Crippen LogP contribution in [0.5, 0.6) is 5.75 Å². The van der Waals surface area contributed by atoms with Crippen molar-refractivity contribution < 1.29 is 13.9 Å². The van der Waals surface area contributed by atoms with Crippen molar-refractivity contribution in [3.63, 3.8) is 0 Å². The van der Waals surface area contributed by atoms with E-state index in [1.807, 2.05) is 12.1 Å². The maximum absolute atomic E-state index is 15.0. The molecule has 2 aromatic rings. The van der Waals surface area contributed by atoms with Crippen LogP contribution in [0.2, 0.25) is 16.6 Å². The van der Waals surface area contributed by atoms with Gasteiger partial charge in [-0.25, -0.2) is 4.39 Å². The summed E-state index contributed by atoms with van der Waals surface area (Å²) >= 11 is 0. The first kappa shape index (κ1) is 24.1. The van der Waals surface area contributed by atoms with E-state index >= 15 is 4.39 Å². The molecule has 0 radical (unpaired) electrons. The number of ether oxygens (including phenoxy) is 1. The Morgan fingerprint density at radius 2 is 1.53 bits per heavy atom. The molecular formula is C26H35FO2Si. The van der Waals surface area contributed by atoms with Crippen LogP contribution in [0.1, 0.15) is 67.9 Å². The second kappa shape index (κ2) is 8.94. The van der Waals surface area contributed by atoms with Crippen molar-refractivity contribution >= 4 is 24.8 Å². The Hall–Kier alpha value is -2.12. The van der Waals surface area contributed by atoms with Gasteiger partial charge in [-0.1, -0.05) is 65.7 Å². The molecule has 0 aliphatic heterocycles. The fraction of sp³-hybridized carbons (Fsp3) is 0.500. The largest absolute Gasteiger partial charge is 0.425 e. The molecule has 0 unspecified atom stereocenters. The Labute approximate surface area is 182 Å². The van der Waals surface area contributed by atoms with E-state index in [0.29, 0.717) is 33.3 Å². The molecule has 0 atom stereocenters. The predicted octanol–water partition coefficient (Wildman–Crippen LogP) is 7.50. The lowest BCUT2D eigenvalue weighted by molar-refractivity contribution is -0.142. The number of hydrogen-bond acceptors (Lipinski definition) is 2. The second-order valence-electron chi connectivity index (χ2n) is 10.1. The summed E-state index contributed by atoms with van der Waals surface area (Å²) in [5.74, 6) is 2.87. The van der Waals surface area contributed by atoms with Gasteiger partial charge in [0, 0.05) is 5.39 Å². The van der Waals surface area contributed by atoms with Crippen LogP contribution >= 0.6 is 0 Å². The minimum atomic E-state index is -2.04. The number of benzene rings is 2. The van der Waals surface area contributed by atoms with Crippen LogP contribution in [0.4, 0.5) is 4.39 Å². The molecule has 0 N–H and O–H groups in total. The molecular weight excluding hydrogens is 391 g/mol. The Kier molecular flexibility index (Phi) is 7.19. The third-order valence-corrected chi connectivity index (χ3v) is 12.3. The van der Waals surface area contributed by atoms with Gasteiger partial charge >= 0.3 is 5.97 Å². The Bertz CT molecular complexity index is 966. The average Bonchev–Trinajstić information content (AvgIpc) is 2.62. The van der Waals surface area contributed by atoms with Crippen molar-refractivity contribution in [1.82, 2.24) is 0 Å². The van der Waals surface area contributed by atoms with Crippen LogP contribution < -0.4 is 4.74 Å². The lowest BCUT2D eigenvalue weighted by Gasteiger charge is -2.38. The van der Waals surface area contributed by atoms with E-state index in [0.717, 1.165) is 5.39 Å². The van der Waals surface area contributed by atoms with Gasteiger partial charge in [-0.2, -0.15) is 0 Å². The quantitative estimate of drug-likeness (QED) is 0.219. The molecule has 0 fully saturated rings. The molecule has 0 amide bonds. The number of hydrogen-bond donors (Lipinski definition) is 0. The zero-order valence-corrected chi connectivity index (χ0v) is 20.8. The van der Waals surface area contributed by atoms with Gasteiger partial charge in [-0.3, -0.25) is 4.79 Å². The maximum atomic E-state index is 15.0. The van der Waals surface area contributed by atoms with Crippen molar-refractivity contribution in [2.45, 2.75) is 78.9 Å². The Balaban J connectivity index is 2.76.